The van der Waals surface area contributed by atoms with Gasteiger partial charge in [-0.25, -0.2) is 0 Å². The van der Waals surface area contributed by atoms with Crippen LogP contribution in [-0.2, 0) is 28.3 Å². The quantitative estimate of drug-likeness (QED) is 0.589. The molecule has 0 bridgehead atoms. The molecule has 0 amide bonds. The second-order valence-electron chi connectivity index (χ2n) is 4.01. The van der Waals surface area contributed by atoms with E-state index in [9.17, 15) is 5.11 Å². The molecule has 0 saturated carbocycles. The van der Waals surface area contributed by atoms with Gasteiger partial charge < -0.3 is 29.9 Å². The minimum Gasteiger partial charge on any atom is -1.00 e. The van der Waals surface area contributed by atoms with Crippen molar-refractivity contribution in [3.63, 3.8) is 0 Å². The molecular weight excluding hydrogens is 303 g/mol. The zero-order valence-corrected chi connectivity index (χ0v) is 13.6. The molecule has 4 heteroatoms. The van der Waals surface area contributed by atoms with Gasteiger partial charge in [-0.2, -0.15) is 0 Å². The Balaban J connectivity index is 0. The Labute approximate surface area is 136 Å². The van der Waals surface area contributed by atoms with Gasteiger partial charge in [0.1, 0.15) is 0 Å². The van der Waals surface area contributed by atoms with Gasteiger partial charge in [0.05, 0.1) is 6.61 Å². The van der Waals surface area contributed by atoms with Crippen LogP contribution in [0.2, 0.25) is 0 Å². The number of benzene rings is 1. The molecule has 0 unspecified atom stereocenters. The molecule has 0 spiro atoms. The van der Waals surface area contributed by atoms with Crippen molar-refractivity contribution in [3.8, 4) is 0 Å². The van der Waals surface area contributed by atoms with E-state index in [1.54, 1.807) is 0 Å². The van der Waals surface area contributed by atoms with Crippen molar-refractivity contribution in [3.05, 3.63) is 52.6 Å². The summed E-state index contributed by atoms with van der Waals surface area (Å²) in [7, 11) is 0. The standard InChI is InChI=1S/C14H16O.2ClH.Ti/c1-10-7-8-13(11(10)2)14-6-4-3-5-12(14)9-15;;;/h3-7,15H,8-9H2,1-2H3;2*1H;/q;;;+2/p-2. The van der Waals surface area contributed by atoms with Gasteiger partial charge in [-0.05, 0) is 42.5 Å². The summed E-state index contributed by atoms with van der Waals surface area (Å²) < 4.78 is 0. The molecule has 2 rings (SSSR count). The van der Waals surface area contributed by atoms with Crippen molar-refractivity contribution in [2.75, 3.05) is 0 Å². The van der Waals surface area contributed by atoms with Crippen LogP contribution in [0.1, 0.15) is 31.4 Å². The molecular formula is C14H16Cl2OTi. The number of allylic oxidation sites excluding steroid dienone is 4. The van der Waals surface area contributed by atoms with Gasteiger partial charge in [0.15, 0.2) is 0 Å². The summed E-state index contributed by atoms with van der Waals surface area (Å²) in [6.07, 6.45) is 3.24. The summed E-state index contributed by atoms with van der Waals surface area (Å²) in [5.74, 6) is 0. The Morgan fingerprint density at radius 2 is 1.72 bits per heavy atom. The van der Waals surface area contributed by atoms with Crippen LogP contribution in [0.3, 0.4) is 0 Å². The summed E-state index contributed by atoms with van der Waals surface area (Å²) in [5.41, 5.74) is 6.30. The number of aliphatic hydroxyl groups is 1. The fourth-order valence-electron chi connectivity index (χ4n) is 2.06. The zero-order valence-electron chi connectivity index (χ0n) is 10.5. The van der Waals surface area contributed by atoms with Crippen LogP contribution >= 0.6 is 0 Å². The van der Waals surface area contributed by atoms with Crippen LogP contribution in [0.5, 0.6) is 0 Å². The fraction of sp³-hybridized carbons (Fsp3) is 0.286. The predicted molar refractivity (Wildman–Crippen MR) is 63.3 cm³/mol. The third-order valence-corrected chi connectivity index (χ3v) is 3.17. The molecule has 0 radical (unpaired) electrons. The van der Waals surface area contributed by atoms with Gasteiger partial charge in [-0.3, -0.25) is 0 Å². The summed E-state index contributed by atoms with van der Waals surface area (Å²) in [5, 5.41) is 9.29. The molecule has 1 aromatic carbocycles. The van der Waals surface area contributed by atoms with Crippen molar-refractivity contribution < 1.29 is 51.6 Å². The maximum atomic E-state index is 9.29. The molecule has 96 valence electrons. The van der Waals surface area contributed by atoms with E-state index >= 15 is 0 Å². The average molecular weight is 319 g/mol. The van der Waals surface area contributed by atoms with Crippen LogP contribution in [0.15, 0.2) is 41.5 Å². The molecule has 0 saturated heterocycles. The molecule has 1 aliphatic carbocycles. The van der Waals surface area contributed by atoms with E-state index in [0.29, 0.717) is 0 Å². The van der Waals surface area contributed by atoms with Crippen molar-refractivity contribution in [2.24, 2.45) is 0 Å². The predicted octanol–water partition coefficient (Wildman–Crippen LogP) is -2.69. The van der Waals surface area contributed by atoms with E-state index in [2.05, 4.69) is 26.0 Å². The van der Waals surface area contributed by atoms with Gasteiger partial charge in [-0.15, -0.1) is 0 Å². The first kappa shape index (κ1) is 20.3. The molecule has 0 aliphatic heterocycles. The third kappa shape index (κ3) is 3.98. The van der Waals surface area contributed by atoms with E-state index in [0.717, 1.165) is 12.0 Å². The van der Waals surface area contributed by atoms with Gasteiger partial charge in [0, 0.05) is 0 Å². The van der Waals surface area contributed by atoms with Crippen LogP contribution in [0.4, 0.5) is 0 Å². The molecule has 0 aromatic heterocycles. The average Bonchev–Trinajstić information content (AvgIpc) is 2.60. The number of hydrogen-bond acceptors (Lipinski definition) is 1. The topological polar surface area (TPSA) is 20.2 Å². The summed E-state index contributed by atoms with van der Waals surface area (Å²) in [4.78, 5) is 0. The van der Waals surface area contributed by atoms with E-state index in [-0.39, 0.29) is 53.1 Å². The second-order valence-corrected chi connectivity index (χ2v) is 4.01. The maximum Gasteiger partial charge on any atom is 2.00 e. The molecule has 18 heavy (non-hydrogen) atoms. The minimum absolute atomic E-state index is 0. The number of aliphatic hydroxyl groups excluding tert-OH is 1. The number of rotatable bonds is 2. The maximum absolute atomic E-state index is 9.29. The molecule has 1 aliphatic rings. The van der Waals surface area contributed by atoms with Gasteiger partial charge >= 0.3 is 21.7 Å². The molecule has 1 nitrogen and oxygen atoms in total. The first-order valence-corrected chi connectivity index (χ1v) is 5.30. The fourth-order valence-corrected chi connectivity index (χ4v) is 2.06. The summed E-state index contributed by atoms with van der Waals surface area (Å²) >= 11 is 0. The van der Waals surface area contributed by atoms with Crippen molar-refractivity contribution in [1.29, 1.82) is 0 Å². The number of halogens is 2. The molecule has 0 fully saturated rings. The summed E-state index contributed by atoms with van der Waals surface area (Å²) in [6, 6.07) is 8.09. The van der Waals surface area contributed by atoms with E-state index < -0.39 is 0 Å². The smallest absolute Gasteiger partial charge is 1.00 e. The molecule has 0 heterocycles. The van der Waals surface area contributed by atoms with Gasteiger partial charge in [0.25, 0.3) is 0 Å². The monoisotopic (exact) mass is 318 g/mol. The van der Waals surface area contributed by atoms with Crippen LogP contribution in [0.25, 0.3) is 5.57 Å². The first-order valence-electron chi connectivity index (χ1n) is 5.30. The van der Waals surface area contributed by atoms with Gasteiger partial charge in [-0.1, -0.05) is 35.9 Å². The Morgan fingerprint density at radius 3 is 2.22 bits per heavy atom. The second kappa shape index (κ2) is 8.95. The minimum atomic E-state index is 0. The molecule has 0 atom stereocenters. The van der Waals surface area contributed by atoms with Crippen molar-refractivity contribution in [1.82, 2.24) is 0 Å². The van der Waals surface area contributed by atoms with E-state index in [1.165, 1.54) is 22.3 Å². The van der Waals surface area contributed by atoms with Crippen molar-refractivity contribution in [2.45, 2.75) is 26.9 Å². The van der Waals surface area contributed by atoms with Crippen LogP contribution in [-0.4, -0.2) is 5.11 Å². The largest absolute Gasteiger partial charge is 2.00 e. The Hall–Kier alpha value is -0.0457. The molecule has 1 aromatic rings. The Bertz CT molecular complexity index is 453. The number of hydrogen-bond donors (Lipinski definition) is 1. The van der Waals surface area contributed by atoms with E-state index in [1.807, 2.05) is 18.2 Å². The van der Waals surface area contributed by atoms with Gasteiger partial charge in [0.2, 0.25) is 0 Å². The molecule has 1 N–H and O–H groups in total. The Kier molecular flexibility index (Phi) is 10.1. The third-order valence-electron chi connectivity index (χ3n) is 3.17. The van der Waals surface area contributed by atoms with Crippen LogP contribution in [0, 0.1) is 0 Å². The summed E-state index contributed by atoms with van der Waals surface area (Å²) in [6.45, 7) is 4.41. The van der Waals surface area contributed by atoms with Crippen LogP contribution < -0.4 is 24.8 Å². The zero-order chi connectivity index (χ0) is 10.8. The SMILES string of the molecule is CC1=CCC(c2ccccc2CO)=C1C.[Cl-].[Cl-].[Ti+2]. The van der Waals surface area contributed by atoms with Crippen molar-refractivity contribution >= 4 is 5.57 Å². The first-order chi connectivity index (χ1) is 7.24. The Morgan fingerprint density at radius 1 is 1.11 bits per heavy atom. The normalized spacial score (nSPS) is 13.2. The van der Waals surface area contributed by atoms with E-state index in [4.69, 9.17) is 0 Å².